The number of hydrogen-bond donors (Lipinski definition) is 4. The molecule has 10 nitrogen and oxygen atoms in total. The molecule has 2 heterocycles. The Morgan fingerprint density at radius 1 is 0.533 bits per heavy atom. The number of benzene rings is 3. The number of rotatable bonds is 4. The van der Waals surface area contributed by atoms with Gasteiger partial charge in [-0.2, -0.15) is 0 Å². The molecule has 0 atom stereocenters. The first-order valence-electron chi connectivity index (χ1n) is 8.94. The molecule has 0 fully saturated rings. The summed E-state index contributed by atoms with van der Waals surface area (Å²) in [7, 11) is 0. The number of aromatic hydroxyl groups is 2. The van der Waals surface area contributed by atoms with Crippen LogP contribution < -0.4 is 0 Å². The van der Waals surface area contributed by atoms with Gasteiger partial charge in [-0.25, -0.2) is 10.2 Å². The van der Waals surface area contributed by atoms with Gasteiger partial charge in [-0.15, -0.1) is 10.2 Å². The summed E-state index contributed by atoms with van der Waals surface area (Å²) < 4.78 is 0. The van der Waals surface area contributed by atoms with E-state index in [9.17, 15) is 10.2 Å². The lowest BCUT2D eigenvalue weighted by Crippen LogP contribution is -1.88. The fraction of sp³-hybridized carbons (Fsp3) is 0. The van der Waals surface area contributed by atoms with Gasteiger partial charge in [0, 0.05) is 11.1 Å². The maximum absolute atomic E-state index is 10.1. The van der Waals surface area contributed by atoms with Crippen LogP contribution in [-0.2, 0) is 0 Å². The number of tetrazole rings is 2. The lowest BCUT2D eigenvalue weighted by atomic mass is 9.93. The highest BCUT2D eigenvalue weighted by molar-refractivity contribution is 5.87. The molecule has 0 aliphatic heterocycles. The number of phenols is 2. The zero-order valence-electron chi connectivity index (χ0n) is 15.4. The summed E-state index contributed by atoms with van der Waals surface area (Å²) >= 11 is 0. The van der Waals surface area contributed by atoms with Crippen molar-refractivity contribution in [3.05, 3.63) is 60.7 Å². The molecule has 2 aromatic heterocycles. The number of nitrogens with one attached hydrogen (secondary N) is 2. The number of aromatic nitrogens is 8. The van der Waals surface area contributed by atoms with E-state index in [1.165, 1.54) is 0 Å². The van der Waals surface area contributed by atoms with Crippen LogP contribution in [0.3, 0.4) is 0 Å². The maximum Gasteiger partial charge on any atom is 0.179 e. The monoisotopic (exact) mass is 398 g/mol. The molecular weight excluding hydrogens is 384 g/mol. The molecule has 0 amide bonds. The Balaban J connectivity index is 1.57. The van der Waals surface area contributed by atoms with Gasteiger partial charge in [0.05, 0.1) is 0 Å². The van der Waals surface area contributed by atoms with Crippen LogP contribution in [0.25, 0.3) is 45.0 Å². The Labute approximate surface area is 169 Å². The second-order valence-corrected chi connectivity index (χ2v) is 6.54. The van der Waals surface area contributed by atoms with Crippen LogP contribution >= 0.6 is 0 Å². The first-order chi connectivity index (χ1) is 14.7. The highest BCUT2D eigenvalue weighted by Crippen LogP contribution is 2.40. The minimum Gasteiger partial charge on any atom is -0.504 e. The molecule has 0 radical (unpaired) electrons. The summed E-state index contributed by atoms with van der Waals surface area (Å²) in [6, 6.07) is 18.2. The van der Waals surface area contributed by atoms with Crippen LogP contribution in [0, 0.1) is 0 Å². The Morgan fingerprint density at radius 3 is 1.23 bits per heavy atom. The molecule has 0 saturated carbocycles. The fourth-order valence-corrected chi connectivity index (χ4v) is 3.23. The van der Waals surface area contributed by atoms with Crippen molar-refractivity contribution >= 4 is 0 Å². The Kier molecular flexibility index (Phi) is 4.14. The minimum absolute atomic E-state index is 0.193. The van der Waals surface area contributed by atoms with Gasteiger partial charge in [0.1, 0.15) is 0 Å². The molecule has 5 aromatic rings. The molecule has 0 aliphatic carbocycles. The molecule has 30 heavy (non-hydrogen) atoms. The first kappa shape index (κ1) is 17.5. The van der Waals surface area contributed by atoms with Crippen molar-refractivity contribution in [1.82, 2.24) is 41.2 Å². The molecule has 0 aliphatic rings. The molecular formula is C20H14N8O2. The third-order valence-electron chi connectivity index (χ3n) is 4.74. The van der Waals surface area contributed by atoms with Gasteiger partial charge in [-0.1, -0.05) is 48.5 Å². The van der Waals surface area contributed by atoms with Crippen molar-refractivity contribution < 1.29 is 10.2 Å². The van der Waals surface area contributed by atoms with E-state index in [0.717, 1.165) is 33.4 Å². The van der Waals surface area contributed by atoms with Crippen molar-refractivity contribution in [2.75, 3.05) is 0 Å². The predicted molar refractivity (Wildman–Crippen MR) is 107 cm³/mol. The predicted octanol–water partition coefficient (Wildman–Crippen LogP) is 2.79. The second-order valence-electron chi connectivity index (χ2n) is 6.54. The molecule has 4 N–H and O–H groups in total. The summed E-state index contributed by atoms with van der Waals surface area (Å²) in [5.74, 6) is 0.740. The standard InChI is InChI=1S/C20H14N8O2/c29-17-9-15(11-1-5-13(6-2-11)19-21-25-26-22-19)16(10-18(17)30)12-3-7-14(8-4-12)20-23-27-28-24-20/h1-10,29-30H,(H,21,22,25,26)(H,23,24,27,28). The summed E-state index contributed by atoms with van der Waals surface area (Å²) in [6.45, 7) is 0. The molecule has 3 aromatic carbocycles. The van der Waals surface area contributed by atoms with E-state index < -0.39 is 0 Å². The van der Waals surface area contributed by atoms with Gasteiger partial charge in [-0.05, 0) is 55.2 Å². The molecule has 5 rings (SSSR count). The summed E-state index contributed by atoms with van der Waals surface area (Å²) in [5, 5.41) is 47.8. The summed E-state index contributed by atoms with van der Waals surface area (Å²) in [6.07, 6.45) is 0. The molecule has 10 heteroatoms. The van der Waals surface area contributed by atoms with Crippen molar-refractivity contribution in [2.24, 2.45) is 0 Å². The number of nitrogens with zero attached hydrogens (tertiary/aromatic N) is 6. The van der Waals surface area contributed by atoms with Crippen molar-refractivity contribution in [3.8, 4) is 56.5 Å². The number of hydrogen-bond acceptors (Lipinski definition) is 8. The third kappa shape index (κ3) is 3.11. The SMILES string of the molecule is Oc1cc(-c2ccc(-c3nnn[nH]3)cc2)c(-c2ccc(-c3nnn[nH]3)cc2)cc1O. The van der Waals surface area contributed by atoms with Crippen LogP contribution in [0.15, 0.2) is 60.7 Å². The third-order valence-corrected chi connectivity index (χ3v) is 4.74. The van der Waals surface area contributed by atoms with Gasteiger partial charge in [0.2, 0.25) is 0 Å². The molecule has 0 unspecified atom stereocenters. The molecule has 146 valence electrons. The zero-order chi connectivity index (χ0) is 20.5. The van der Waals surface area contributed by atoms with Gasteiger partial charge in [-0.3, -0.25) is 0 Å². The Bertz CT molecular complexity index is 1180. The average Bonchev–Trinajstić information content (AvgIpc) is 3.50. The van der Waals surface area contributed by atoms with Crippen LogP contribution in [-0.4, -0.2) is 51.5 Å². The lowest BCUT2D eigenvalue weighted by molar-refractivity contribution is 0.404. The fourth-order valence-electron chi connectivity index (χ4n) is 3.23. The van der Waals surface area contributed by atoms with Crippen LogP contribution in [0.4, 0.5) is 0 Å². The van der Waals surface area contributed by atoms with Crippen molar-refractivity contribution in [1.29, 1.82) is 0 Å². The van der Waals surface area contributed by atoms with Gasteiger partial charge >= 0.3 is 0 Å². The summed E-state index contributed by atoms with van der Waals surface area (Å²) in [5.41, 5.74) is 4.92. The average molecular weight is 398 g/mol. The molecule has 0 saturated heterocycles. The quantitative estimate of drug-likeness (QED) is 0.338. The van der Waals surface area contributed by atoms with Crippen LogP contribution in [0.1, 0.15) is 0 Å². The van der Waals surface area contributed by atoms with E-state index >= 15 is 0 Å². The van der Waals surface area contributed by atoms with E-state index in [4.69, 9.17) is 0 Å². The number of aromatic amines is 2. The van der Waals surface area contributed by atoms with E-state index in [-0.39, 0.29) is 11.5 Å². The molecule has 0 bridgehead atoms. The van der Waals surface area contributed by atoms with Crippen molar-refractivity contribution in [3.63, 3.8) is 0 Å². The van der Waals surface area contributed by atoms with E-state index in [1.54, 1.807) is 12.1 Å². The van der Waals surface area contributed by atoms with E-state index in [0.29, 0.717) is 11.6 Å². The molecule has 0 spiro atoms. The second kappa shape index (κ2) is 7.09. The lowest BCUT2D eigenvalue weighted by Gasteiger charge is -2.13. The van der Waals surface area contributed by atoms with Gasteiger partial charge in [0.15, 0.2) is 23.1 Å². The highest BCUT2D eigenvalue weighted by atomic mass is 16.3. The minimum atomic E-state index is -0.193. The van der Waals surface area contributed by atoms with E-state index in [1.807, 2.05) is 48.5 Å². The maximum atomic E-state index is 10.1. The van der Waals surface area contributed by atoms with E-state index in [2.05, 4.69) is 41.2 Å². The number of phenolic OH excluding ortho intramolecular Hbond substituents is 2. The zero-order valence-corrected chi connectivity index (χ0v) is 15.4. The number of H-pyrrole nitrogens is 2. The summed E-state index contributed by atoms with van der Waals surface area (Å²) in [4.78, 5) is 0. The van der Waals surface area contributed by atoms with Gasteiger partial charge in [0.25, 0.3) is 0 Å². The topological polar surface area (TPSA) is 149 Å². The van der Waals surface area contributed by atoms with Crippen molar-refractivity contribution in [2.45, 2.75) is 0 Å². The first-order valence-corrected chi connectivity index (χ1v) is 8.94. The normalized spacial score (nSPS) is 10.9. The van der Waals surface area contributed by atoms with Crippen LogP contribution in [0.5, 0.6) is 11.5 Å². The highest BCUT2D eigenvalue weighted by Gasteiger charge is 2.14. The smallest absolute Gasteiger partial charge is 0.179 e. The Morgan fingerprint density at radius 2 is 0.900 bits per heavy atom. The Hall–Kier alpha value is -4.60. The largest absolute Gasteiger partial charge is 0.504 e. The van der Waals surface area contributed by atoms with Gasteiger partial charge < -0.3 is 10.2 Å². The van der Waals surface area contributed by atoms with Crippen LogP contribution in [0.2, 0.25) is 0 Å².